The summed E-state index contributed by atoms with van der Waals surface area (Å²) >= 11 is 0. The molecule has 0 saturated carbocycles. The first-order chi connectivity index (χ1) is 39.6. The summed E-state index contributed by atoms with van der Waals surface area (Å²) in [6.45, 7) is 4.52. The number of quaternary nitrogens is 1. The summed E-state index contributed by atoms with van der Waals surface area (Å²) in [5, 5.41) is 11.8. The number of esters is 2. The van der Waals surface area contributed by atoms with E-state index in [1.807, 2.05) is 21.1 Å². The van der Waals surface area contributed by atoms with E-state index in [4.69, 9.17) is 18.9 Å². The van der Waals surface area contributed by atoms with Crippen LogP contribution in [-0.4, -0.2) is 82.3 Å². The number of rotatable bonds is 59. The lowest BCUT2D eigenvalue weighted by atomic mass is 10.0. The lowest BCUT2D eigenvalue weighted by molar-refractivity contribution is -0.870. The van der Waals surface area contributed by atoms with Crippen molar-refractivity contribution < 1.29 is 42.9 Å². The van der Waals surface area contributed by atoms with Gasteiger partial charge in [-0.2, -0.15) is 0 Å². The van der Waals surface area contributed by atoms with Crippen LogP contribution in [0.2, 0.25) is 0 Å². The zero-order valence-corrected chi connectivity index (χ0v) is 52.6. The number of allylic oxidation sites excluding steroid dienone is 20. The second-order valence-electron chi connectivity index (χ2n) is 22.6. The maximum atomic E-state index is 12.9. The van der Waals surface area contributed by atoms with Gasteiger partial charge in [-0.25, -0.2) is 0 Å². The molecule has 0 rings (SSSR count). The Balaban J connectivity index is 4.19. The molecular formula is C72H121NO8. The Bertz CT molecular complexity index is 1740. The van der Waals surface area contributed by atoms with Crippen LogP contribution in [0.5, 0.6) is 0 Å². The van der Waals surface area contributed by atoms with Gasteiger partial charge in [-0.05, 0) is 103 Å². The number of likely N-dealkylation sites (N-methyl/N-ethyl adjacent to an activating group) is 1. The fourth-order valence-electron chi connectivity index (χ4n) is 8.77. The molecule has 0 N–H and O–H groups in total. The van der Waals surface area contributed by atoms with E-state index in [9.17, 15) is 19.5 Å². The van der Waals surface area contributed by atoms with Gasteiger partial charge in [-0.3, -0.25) is 9.59 Å². The summed E-state index contributed by atoms with van der Waals surface area (Å²) in [6, 6.07) is 0. The highest BCUT2D eigenvalue weighted by Gasteiger charge is 2.22. The molecule has 0 aromatic rings. The second-order valence-corrected chi connectivity index (χ2v) is 22.6. The highest BCUT2D eigenvalue weighted by Crippen LogP contribution is 2.16. The van der Waals surface area contributed by atoms with Gasteiger partial charge in [0.15, 0.2) is 12.4 Å². The van der Waals surface area contributed by atoms with Gasteiger partial charge >= 0.3 is 11.9 Å². The third-order valence-corrected chi connectivity index (χ3v) is 13.7. The SMILES string of the molecule is CC/C=C\C/C=C\C/C=C\C/C=C\C/C=C\C/C=C\CCCCCCCCCCCCCCC(=O)OC(COC(=O)CCCCCCCCCCCCCC/C=C\C/C=C\C/C=C\C/C=C\CC)COC(OCC[N+](C)(C)C)C(=O)[O-]. The van der Waals surface area contributed by atoms with Gasteiger partial charge in [0, 0.05) is 12.8 Å². The van der Waals surface area contributed by atoms with Gasteiger partial charge in [0.1, 0.15) is 13.2 Å². The summed E-state index contributed by atoms with van der Waals surface area (Å²) in [5.74, 6) is -2.29. The number of ether oxygens (including phenoxy) is 4. The topological polar surface area (TPSA) is 111 Å². The van der Waals surface area contributed by atoms with E-state index in [0.29, 0.717) is 17.4 Å². The lowest BCUT2D eigenvalue weighted by Gasteiger charge is -2.26. The Kier molecular flexibility index (Phi) is 58.5. The van der Waals surface area contributed by atoms with Crippen molar-refractivity contribution in [3.8, 4) is 0 Å². The third kappa shape index (κ3) is 63.1. The Hall–Kier alpha value is -4.31. The van der Waals surface area contributed by atoms with Crippen LogP contribution in [0.25, 0.3) is 0 Å². The van der Waals surface area contributed by atoms with Crippen molar-refractivity contribution in [2.45, 2.75) is 270 Å². The minimum Gasteiger partial charge on any atom is -0.545 e. The quantitative estimate of drug-likeness (QED) is 0.0195. The summed E-state index contributed by atoms with van der Waals surface area (Å²) in [7, 11) is 5.92. The molecule has 0 aliphatic carbocycles. The van der Waals surface area contributed by atoms with Crippen LogP contribution in [0.15, 0.2) is 122 Å². The standard InChI is InChI=1S/C72H121NO8/c1-6-8-10-12-14-16-18-20-22-24-26-28-30-32-33-34-35-36-37-39-41-43-45-47-49-51-53-55-57-59-61-63-70(75)81-68(67-80-72(71(76)77)78-65-64-73(3,4)5)66-79-69(74)62-60-58-56-54-52-50-48-46-44-42-40-38-31-29-27-25-23-21-19-17-15-13-11-9-7-2/h8-11,14-17,20-23,26-29,32-33,35-36,68,72H,6-7,12-13,18-19,24-25,30-31,34,37-67H2,1-5H3/b10-8-,11-9-,16-14-,17-15-,22-20-,23-21-,28-26-,29-27-,33-32-,36-35-. The van der Waals surface area contributed by atoms with Gasteiger partial charge in [-0.15, -0.1) is 0 Å². The first kappa shape index (κ1) is 76.7. The maximum Gasteiger partial charge on any atom is 0.306 e. The van der Waals surface area contributed by atoms with Crippen molar-refractivity contribution in [3.05, 3.63) is 122 Å². The number of aliphatic carboxylic acids is 1. The Morgan fingerprint density at radius 2 is 0.667 bits per heavy atom. The molecule has 81 heavy (non-hydrogen) atoms. The molecule has 0 spiro atoms. The molecule has 9 nitrogen and oxygen atoms in total. The van der Waals surface area contributed by atoms with Crippen molar-refractivity contribution in [3.63, 3.8) is 0 Å². The molecule has 0 aliphatic heterocycles. The molecule has 0 radical (unpaired) electrons. The number of nitrogens with zero attached hydrogens (tertiary/aromatic N) is 1. The van der Waals surface area contributed by atoms with Crippen molar-refractivity contribution >= 4 is 17.9 Å². The molecule has 0 aliphatic rings. The molecule has 0 aromatic heterocycles. The monoisotopic (exact) mass is 1130 g/mol. The van der Waals surface area contributed by atoms with E-state index >= 15 is 0 Å². The van der Waals surface area contributed by atoms with E-state index in [2.05, 4.69) is 135 Å². The van der Waals surface area contributed by atoms with E-state index in [0.717, 1.165) is 103 Å². The van der Waals surface area contributed by atoms with Crippen molar-refractivity contribution in [1.29, 1.82) is 0 Å². The summed E-state index contributed by atoms with van der Waals surface area (Å²) in [6.07, 6.45) is 84.0. The van der Waals surface area contributed by atoms with E-state index in [1.165, 1.54) is 122 Å². The Morgan fingerprint density at radius 1 is 0.370 bits per heavy atom. The predicted octanol–water partition coefficient (Wildman–Crippen LogP) is 18.7. The summed E-state index contributed by atoms with van der Waals surface area (Å²) < 4.78 is 22.8. The minimum absolute atomic E-state index is 0.142. The molecule has 0 amide bonds. The van der Waals surface area contributed by atoms with Crippen molar-refractivity contribution in [2.24, 2.45) is 0 Å². The summed E-state index contributed by atoms with van der Waals surface area (Å²) in [5.41, 5.74) is 0. The van der Waals surface area contributed by atoms with Gasteiger partial charge in [0.05, 0.1) is 40.3 Å². The highest BCUT2D eigenvalue weighted by molar-refractivity contribution is 5.70. The lowest BCUT2D eigenvalue weighted by Crippen LogP contribution is -2.44. The molecule has 0 aromatic carbocycles. The Morgan fingerprint density at radius 3 is 0.988 bits per heavy atom. The number of carboxylic acids is 1. The van der Waals surface area contributed by atoms with E-state index in [1.54, 1.807) is 0 Å². The fraction of sp³-hybridized carbons (Fsp3) is 0.681. The zero-order valence-electron chi connectivity index (χ0n) is 52.6. The molecule has 2 unspecified atom stereocenters. The smallest absolute Gasteiger partial charge is 0.306 e. The van der Waals surface area contributed by atoms with Crippen LogP contribution in [0, 0.1) is 0 Å². The molecule has 0 saturated heterocycles. The second kappa shape index (κ2) is 61.8. The Labute approximate surface area is 497 Å². The molecule has 0 heterocycles. The maximum absolute atomic E-state index is 12.9. The number of unbranched alkanes of at least 4 members (excludes halogenated alkanes) is 24. The molecule has 9 heteroatoms. The molecular weight excluding hydrogens is 1010 g/mol. The van der Waals surface area contributed by atoms with Gasteiger partial charge in [0.25, 0.3) is 0 Å². The van der Waals surface area contributed by atoms with Crippen molar-refractivity contribution in [2.75, 3.05) is 47.5 Å². The normalized spacial score (nSPS) is 13.5. The van der Waals surface area contributed by atoms with Crippen LogP contribution >= 0.6 is 0 Å². The molecule has 0 bridgehead atoms. The van der Waals surface area contributed by atoms with Crippen LogP contribution in [0.1, 0.15) is 258 Å². The average Bonchev–Trinajstić information content (AvgIpc) is 3.44. The van der Waals surface area contributed by atoms with Crippen LogP contribution < -0.4 is 5.11 Å². The zero-order chi connectivity index (χ0) is 59.1. The number of carbonyl (C=O) groups excluding carboxylic acids is 3. The number of carboxylic acid groups (broad SMARTS) is 1. The number of hydrogen-bond donors (Lipinski definition) is 0. The van der Waals surface area contributed by atoms with Gasteiger partial charge < -0.3 is 33.3 Å². The number of carbonyl (C=O) groups is 3. The van der Waals surface area contributed by atoms with E-state index in [-0.39, 0.29) is 38.6 Å². The third-order valence-electron chi connectivity index (χ3n) is 13.7. The number of hydrogen-bond acceptors (Lipinski definition) is 8. The largest absolute Gasteiger partial charge is 0.545 e. The van der Waals surface area contributed by atoms with Gasteiger partial charge in [-0.1, -0.05) is 264 Å². The van der Waals surface area contributed by atoms with Crippen molar-refractivity contribution in [1.82, 2.24) is 0 Å². The highest BCUT2D eigenvalue weighted by atomic mass is 16.7. The van der Waals surface area contributed by atoms with Crippen LogP contribution in [-0.2, 0) is 33.3 Å². The first-order valence-electron chi connectivity index (χ1n) is 32.7. The average molecular weight is 1130 g/mol. The predicted molar refractivity (Wildman–Crippen MR) is 343 cm³/mol. The van der Waals surface area contributed by atoms with Gasteiger partial charge in [0.2, 0.25) is 0 Å². The summed E-state index contributed by atoms with van der Waals surface area (Å²) in [4.78, 5) is 37.4. The molecule has 2 atom stereocenters. The minimum atomic E-state index is -1.63. The van der Waals surface area contributed by atoms with E-state index < -0.39 is 24.3 Å². The molecule has 0 fully saturated rings. The fourth-order valence-corrected chi connectivity index (χ4v) is 8.77. The first-order valence-corrected chi connectivity index (χ1v) is 32.7. The van der Waals surface area contributed by atoms with Crippen LogP contribution in [0.4, 0.5) is 0 Å². The molecule has 462 valence electrons. The van der Waals surface area contributed by atoms with Crippen LogP contribution in [0.3, 0.4) is 0 Å².